The predicted molar refractivity (Wildman–Crippen MR) is 112 cm³/mol. The van der Waals surface area contributed by atoms with E-state index in [-0.39, 0.29) is 18.0 Å². The molecule has 30 heavy (non-hydrogen) atoms. The molecule has 1 aromatic rings. The lowest BCUT2D eigenvalue weighted by molar-refractivity contribution is -0.137. The average Bonchev–Trinajstić information content (AvgIpc) is 2.70. The Kier molecular flexibility index (Phi) is 12.5. The number of carbonyl (C=O) groups excluding carboxylic acids is 2. The minimum Gasteiger partial charge on any atom is -0.347 e. The zero-order chi connectivity index (χ0) is 22.2. The summed E-state index contributed by atoms with van der Waals surface area (Å²) in [7, 11) is 0. The highest BCUT2D eigenvalue weighted by Crippen LogP contribution is 2.30. The number of amides is 2. The topological polar surface area (TPSA) is 70.6 Å². The van der Waals surface area contributed by atoms with Gasteiger partial charge in [-0.05, 0) is 12.5 Å². The Morgan fingerprint density at radius 3 is 2.17 bits per heavy atom. The van der Waals surface area contributed by atoms with Crippen LogP contribution in [-0.2, 0) is 15.8 Å². The summed E-state index contributed by atoms with van der Waals surface area (Å²) in [6, 6.07) is 4.92. The standard InChI is InChI=1S/C22H32F3N3O2/c1-2-3-4-5-6-7-8-9-10-15-20(29)26-17-21(30)28-27-16-18-13-11-12-14-19(18)22(23,24)25/h11-14,16H,2-10,15,17H2,1H3,(H,26,29)(H,28,30)/b27-16+. The van der Waals surface area contributed by atoms with Crippen LogP contribution in [-0.4, -0.2) is 24.6 Å². The molecule has 0 saturated carbocycles. The molecule has 0 atom stereocenters. The maximum absolute atomic E-state index is 12.9. The second-order valence-corrected chi connectivity index (χ2v) is 7.23. The molecule has 0 aromatic heterocycles. The third-order valence-electron chi connectivity index (χ3n) is 4.61. The molecule has 1 aromatic carbocycles. The van der Waals surface area contributed by atoms with Crippen molar-refractivity contribution in [3.63, 3.8) is 0 Å². The van der Waals surface area contributed by atoms with Crippen LogP contribution in [0.25, 0.3) is 0 Å². The van der Waals surface area contributed by atoms with E-state index in [0.29, 0.717) is 6.42 Å². The predicted octanol–water partition coefficient (Wildman–Crippen LogP) is 5.19. The normalized spacial score (nSPS) is 11.6. The number of unbranched alkanes of at least 4 members (excludes halogenated alkanes) is 8. The van der Waals surface area contributed by atoms with E-state index in [4.69, 9.17) is 0 Å². The first-order valence-corrected chi connectivity index (χ1v) is 10.6. The van der Waals surface area contributed by atoms with E-state index in [1.54, 1.807) is 0 Å². The fraction of sp³-hybridized carbons (Fsp3) is 0.591. The third kappa shape index (κ3) is 11.6. The van der Waals surface area contributed by atoms with Crippen LogP contribution in [0.4, 0.5) is 13.2 Å². The van der Waals surface area contributed by atoms with Gasteiger partial charge in [0, 0.05) is 12.0 Å². The SMILES string of the molecule is CCCCCCCCCCCC(=O)NCC(=O)N/N=C/c1ccccc1C(F)(F)F. The first kappa shape index (κ1) is 25.7. The summed E-state index contributed by atoms with van der Waals surface area (Å²) in [4.78, 5) is 23.4. The van der Waals surface area contributed by atoms with Crippen molar-refractivity contribution in [3.8, 4) is 0 Å². The molecule has 2 N–H and O–H groups in total. The van der Waals surface area contributed by atoms with E-state index in [2.05, 4.69) is 22.8 Å². The Labute approximate surface area is 176 Å². The van der Waals surface area contributed by atoms with E-state index >= 15 is 0 Å². The Hall–Kier alpha value is -2.38. The van der Waals surface area contributed by atoms with E-state index < -0.39 is 17.6 Å². The first-order chi connectivity index (χ1) is 14.3. The van der Waals surface area contributed by atoms with Gasteiger partial charge < -0.3 is 5.32 Å². The molecule has 0 aliphatic carbocycles. The van der Waals surface area contributed by atoms with E-state index in [0.717, 1.165) is 31.5 Å². The molecule has 0 aliphatic heterocycles. The van der Waals surface area contributed by atoms with Gasteiger partial charge in [0.25, 0.3) is 5.91 Å². The molecule has 168 valence electrons. The maximum Gasteiger partial charge on any atom is 0.417 e. The van der Waals surface area contributed by atoms with Crippen molar-refractivity contribution in [1.82, 2.24) is 10.7 Å². The molecule has 0 radical (unpaired) electrons. The smallest absolute Gasteiger partial charge is 0.347 e. The van der Waals surface area contributed by atoms with Crippen LogP contribution in [0.3, 0.4) is 0 Å². The van der Waals surface area contributed by atoms with Crippen LogP contribution >= 0.6 is 0 Å². The molecule has 8 heteroatoms. The van der Waals surface area contributed by atoms with Gasteiger partial charge in [-0.3, -0.25) is 9.59 Å². The zero-order valence-corrected chi connectivity index (χ0v) is 17.6. The van der Waals surface area contributed by atoms with Crippen molar-refractivity contribution in [2.75, 3.05) is 6.54 Å². The molecule has 1 rings (SSSR count). The second kappa shape index (κ2) is 14.6. The second-order valence-electron chi connectivity index (χ2n) is 7.23. The van der Waals surface area contributed by atoms with Gasteiger partial charge in [0.15, 0.2) is 0 Å². The highest BCUT2D eigenvalue weighted by atomic mass is 19.4. The van der Waals surface area contributed by atoms with Gasteiger partial charge in [-0.1, -0.05) is 76.5 Å². The fourth-order valence-electron chi connectivity index (χ4n) is 2.94. The fourth-order valence-corrected chi connectivity index (χ4v) is 2.94. The van der Waals surface area contributed by atoms with Crippen LogP contribution in [0.1, 0.15) is 82.3 Å². The Balaban J connectivity index is 2.17. The van der Waals surface area contributed by atoms with Crippen LogP contribution < -0.4 is 10.7 Å². The number of carbonyl (C=O) groups is 2. The van der Waals surface area contributed by atoms with Gasteiger partial charge in [-0.2, -0.15) is 18.3 Å². The molecular weight excluding hydrogens is 395 g/mol. The number of alkyl halides is 3. The monoisotopic (exact) mass is 427 g/mol. The van der Waals surface area contributed by atoms with Crippen LogP contribution in [0.15, 0.2) is 29.4 Å². The quantitative estimate of drug-likeness (QED) is 0.244. The highest BCUT2D eigenvalue weighted by molar-refractivity contribution is 5.86. The zero-order valence-electron chi connectivity index (χ0n) is 17.6. The lowest BCUT2D eigenvalue weighted by Crippen LogP contribution is -2.34. The molecule has 0 spiro atoms. The Bertz CT molecular complexity index is 676. The van der Waals surface area contributed by atoms with Crippen molar-refractivity contribution in [2.24, 2.45) is 5.10 Å². The maximum atomic E-state index is 12.9. The van der Waals surface area contributed by atoms with Gasteiger partial charge in [-0.15, -0.1) is 0 Å². The summed E-state index contributed by atoms with van der Waals surface area (Å²) in [5.74, 6) is -0.823. The number of nitrogens with zero attached hydrogens (tertiary/aromatic N) is 1. The summed E-state index contributed by atoms with van der Waals surface area (Å²) in [5.41, 5.74) is 1.13. The molecular formula is C22H32F3N3O2. The van der Waals surface area contributed by atoms with Gasteiger partial charge in [0.05, 0.1) is 18.3 Å². The van der Waals surface area contributed by atoms with Crippen molar-refractivity contribution in [2.45, 2.75) is 77.3 Å². The summed E-state index contributed by atoms with van der Waals surface area (Å²) in [6.07, 6.45) is 7.16. The van der Waals surface area contributed by atoms with Gasteiger partial charge in [0.2, 0.25) is 5.91 Å². The highest BCUT2D eigenvalue weighted by Gasteiger charge is 2.32. The van der Waals surface area contributed by atoms with Crippen molar-refractivity contribution < 1.29 is 22.8 Å². The van der Waals surface area contributed by atoms with Crippen molar-refractivity contribution >= 4 is 18.0 Å². The lowest BCUT2D eigenvalue weighted by atomic mass is 10.1. The number of benzene rings is 1. The molecule has 2 amide bonds. The first-order valence-electron chi connectivity index (χ1n) is 10.6. The Morgan fingerprint density at radius 2 is 1.53 bits per heavy atom. The molecule has 0 bridgehead atoms. The molecule has 0 fully saturated rings. The van der Waals surface area contributed by atoms with Gasteiger partial charge in [-0.25, -0.2) is 5.43 Å². The lowest BCUT2D eigenvalue weighted by Gasteiger charge is -2.09. The summed E-state index contributed by atoms with van der Waals surface area (Å²) >= 11 is 0. The molecule has 0 unspecified atom stereocenters. The number of rotatable bonds is 14. The minimum absolute atomic E-state index is 0.153. The van der Waals surface area contributed by atoms with Crippen LogP contribution in [0.2, 0.25) is 0 Å². The Morgan fingerprint density at radius 1 is 0.933 bits per heavy atom. The van der Waals surface area contributed by atoms with Crippen LogP contribution in [0.5, 0.6) is 0 Å². The van der Waals surface area contributed by atoms with Gasteiger partial charge in [0.1, 0.15) is 0 Å². The largest absolute Gasteiger partial charge is 0.417 e. The minimum atomic E-state index is -4.50. The van der Waals surface area contributed by atoms with E-state index in [1.807, 2.05) is 0 Å². The van der Waals surface area contributed by atoms with E-state index in [9.17, 15) is 22.8 Å². The third-order valence-corrected chi connectivity index (χ3v) is 4.61. The summed E-state index contributed by atoms with van der Waals surface area (Å²) < 4.78 is 38.6. The average molecular weight is 428 g/mol. The van der Waals surface area contributed by atoms with Gasteiger partial charge >= 0.3 is 6.18 Å². The number of hydrogen-bond acceptors (Lipinski definition) is 3. The number of hydrogen-bond donors (Lipinski definition) is 2. The number of halogens is 3. The number of nitrogens with one attached hydrogen (secondary N) is 2. The molecule has 0 aliphatic rings. The summed E-state index contributed by atoms with van der Waals surface area (Å²) in [6.45, 7) is 1.92. The van der Waals surface area contributed by atoms with E-state index in [1.165, 1.54) is 56.7 Å². The number of hydrazone groups is 1. The van der Waals surface area contributed by atoms with Crippen molar-refractivity contribution in [1.29, 1.82) is 0 Å². The van der Waals surface area contributed by atoms with Crippen molar-refractivity contribution in [3.05, 3.63) is 35.4 Å². The molecule has 0 heterocycles. The molecule has 5 nitrogen and oxygen atoms in total. The van der Waals surface area contributed by atoms with Crippen LogP contribution in [0, 0.1) is 0 Å². The molecule has 0 saturated heterocycles. The summed E-state index contributed by atoms with van der Waals surface area (Å²) in [5, 5.41) is 6.03.